The Hall–Kier alpha value is -2.50. The molecule has 1 fully saturated rings. The number of benzene rings is 1. The summed E-state index contributed by atoms with van der Waals surface area (Å²) in [5.74, 6) is -1.35. The lowest BCUT2D eigenvalue weighted by Gasteiger charge is -2.35. The first-order chi connectivity index (χ1) is 10.6. The van der Waals surface area contributed by atoms with Crippen molar-refractivity contribution in [3.05, 3.63) is 59.8 Å². The molecule has 1 aromatic heterocycles. The van der Waals surface area contributed by atoms with Crippen molar-refractivity contribution in [2.75, 3.05) is 31.1 Å². The molecule has 0 saturated carbocycles. The molecule has 6 heteroatoms. The summed E-state index contributed by atoms with van der Waals surface area (Å²) in [5, 5.41) is 0. The lowest BCUT2D eigenvalue weighted by atomic mass is 10.1. The summed E-state index contributed by atoms with van der Waals surface area (Å²) >= 11 is 0. The number of carbonyl (C=O) groups excluding carboxylic acids is 1. The molecule has 1 amide bonds. The third-order valence-electron chi connectivity index (χ3n) is 3.71. The molecule has 0 spiro atoms. The van der Waals surface area contributed by atoms with Gasteiger partial charge in [0.2, 0.25) is 0 Å². The Morgan fingerprint density at radius 2 is 1.77 bits per heavy atom. The second-order valence-corrected chi connectivity index (χ2v) is 5.10. The highest BCUT2D eigenvalue weighted by atomic mass is 19.2. The Morgan fingerprint density at radius 3 is 2.41 bits per heavy atom. The minimum absolute atomic E-state index is 0.171. The van der Waals surface area contributed by atoms with Gasteiger partial charge in [-0.25, -0.2) is 13.8 Å². The van der Waals surface area contributed by atoms with E-state index < -0.39 is 11.6 Å². The van der Waals surface area contributed by atoms with Crippen molar-refractivity contribution in [1.82, 2.24) is 9.88 Å². The molecule has 0 bridgehead atoms. The molecule has 1 saturated heterocycles. The van der Waals surface area contributed by atoms with Gasteiger partial charge < -0.3 is 9.80 Å². The van der Waals surface area contributed by atoms with Crippen molar-refractivity contribution in [1.29, 1.82) is 0 Å². The summed E-state index contributed by atoms with van der Waals surface area (Å²) in [5.41, 5.74) is 0.171. The van der Waals surface area contributed by atoms with Crippen molar-refractivity contribution in [3.8, 4) is 0 Å². The van der Waals surface area contributed by atoms with Gasteiger partial charge in [-0.2, -0.15) is 0 Å². The van der Waals surface area contributed by atoms with Gasteiger partial charge >= 0.3 is 0 Å². The summed E-state index contributed by atoms with van der Waals surface area (Å²) < 4.78 is 26.2. The Labute approximate surface area is 127 Å². The van der Waals surface area contributed by atoms with Crippen molar-refractivity contribution in [3.63, 3.8) is 0 Å². The number of amides is 1. The molecular weight excluding hydrogens is 288 g/mol. The maximum absolute atomic E-state index is 13.2. The van der Waals surface area contributed by atoms with Crippen LogP contribution in [0.1, 0.15) is 10.4 Å². The van der Waals surface area contributed by atoms with Gasteiger partial charge in [0.15, 0.2) is 11.6 Å². The zero-order chi connectivity index (χ0) is 15.5. The standard InChI is InChI=1S/C16H15F2N3O/c17-13-5-4-12(11-14(13)18)16(22)21-9-7-20(8-10-21)15-3-1-2-6-19-15/h1-6,11H,7-10H2. The van der Waals surface area contributed by atoms with E-state index in [0.29, 0.717) is 26.2 Å². The van der Waals surface area contributed by atoms with Gasteiger partial charge in [-0.05, 0) is 30.3 Å². The number of hydrogen-bond donors (Lipinski definition) is 0. The Kier molecular flexibility index (Phi) is 4.00. The Morgan fingerprint density at radius 1 is 1.00 bits per heavy atom. The molecule has 0 unspecified atom stereocenters. The van der Waals surface area contributed by atoms with E-state index in [0.717, 1.165) is 18.0 Å². The van der Waals surface area contributed by atoms with E-state index in [9.17, 15) is 13.6 Å². The van der Waals surface area contributed by atoms with E-state index in [1.54, 1.807) is 11.1 Å². The van der Waals surface area contributed by atoms with Gasteiger partial charge in [0.25, 0.3) is 5.91 Å². The van der Waals surface area contributed by atoms with Crippen LogP contribution < -0.4 is 4.90 Å². The molecule has 22 heavy (non-hydrogen) atoms. The second kappa shape index (κ2) is 6.09. The minimum atomic E-state index is -1.00. The smallest absolute Gasteiger partial charge is 0.254 e. The van der Waals surface area contributed by atoms with Crippen LogP contribution in [-0.2, 0) is 0 Å². The number of nitrogens with zero attached hydrogens (tertiary/aromatic N) is 3. The lowest BCUT2D eigenvalue weighted by molar-refractivity contribution is 0.0746. The van der Waals surface area contributed by atoms with Crippen LogP contribution in [0.15, 0.2) is 42.6 Å². The van der Waals surface area contributed by atoms with Crippen molar-refractivity contribution >= 4 is 11.7 Å². The molecule has 1 aromatic carbocycles. The van der Waals surface area contributed by atoms with Gasteiger partial charge in [-0.3, -0.25) is 4.79 Å². The third kappa shape index (κ3) is 2.90. The molecule has 0 N–H and O–H groups in total. The first-order valence-corrected chi connectivity index (χ1v) is 7.05. The minimum Gasteiger partial charge on any atom is -0.353 e. The second-order valence-electron chi connectivity index (χ2n) is 5.10. The molecule has 0 radical (unpaired) electrons. The highest BCUT2D eigenvalue weighted by Crippen LogP contribution is 2.16. The third-order valence-corrected chi connectivity index (χ3v) is 3.71. The monoisotopic (exact) mass is 303 g/mol. The fourth-order valence-electron chi connectivity index (χ4n) is 2.49. The summed E-state index contributed by atoms with van der Waals surface area (Å²) in [6, 6.07) is 8.93. The number of carbonyl (C=O) groups is 1. The van der Waals surface area contributed by atoms with Crippen LogP contribution in [0, 0.1) is 11.6 Å². The predicted octanol–water partition coefficient (Wildman–Crippen LogP) is 2.32. The van der Waals surface area contributed by atoms with E-state index in [-0.39, 0.29) is 11.5 Å². The number of halogens is 2. The van der Waals surface area contributed by atoms with Gasteiger partial charge in [-0.1, -0.05) is 6.07 Å². The van der Waals surface area contributed by atoms with Crippen LogP contribution in [0.25, 0.3) is 0 Å². The molecule has 1 aliphatic rings. The SMILES string of the molecule is O=C(c1ccc(F)c(F)c1)N1CCN(c2ccccn2)CC1. The largest absolute Gasteiger partial charge is 0.353 e. The van der Waals surface area contributed by atoms with Crippen molar-refractivity contribution < 1.29 is 13.6 Å². The van der Waals surface area contributed by atoms with Crippen molar-refractivity contribution in [2.45, 2.75) is 0 Å². The van der Waals surface area contributed by atoms with E-state index in [2.05, 4.69) is 9.88 Å². The highest BCUT2D eigenvalue weighted by Gasteiger charge is 2.23. The summed E-state index contributed by atoms with van der Waals surface area (Å²) in [6.45, 7) is 2.36. The van der Waals surface area contributed by atoms with Gasteiger partial charge in [0.05, 0.1) is 0 Å². The van der Waals surface area contributed by atoms with E-state index in [4.69, 9.17) is 0 Å². The predicted molar refractivity (Wildman–Crippen MR) is 78.7 cm³/mol. The Bertz CT molecular complexity index is 670. The van der Waals surface area contributed by atoms with Gasteiger partial charge in [-0.15, -0.1) is 0 Å². The number of piperazine rings is 1. The van der Waals surface area contributed by atoms with Crippen LogP contribution in [0.2, 0.25) is 0 Å². The van der Waals surface area contributed by atoms with E-state index in [1.807, 2.05) is 18.2 Å². The number of rotatable bonds is 2. The van der Waals surface area contributed by atoms with Crippen molar-refractivity contribution in [2.24, 2.45) is 0 Å². The average molecular weight is 303 g/mol. The molecule has 2 aromatic rings. The van der Waals surface area contributed by atoms with E-state index in [1.165, 1.54) is 6.07 Å². The normalized spacial score (nSPS) is 15.0. The number of anilines is 1. The van der Waals surface area contributed by atoms with Crippen LogP contribution in [0.3, 0.4) is 0 Å². The zero-order valence-electron chi connectivity index (χ0n) is 11.9. The molecule has 2 heterocycles. The molecule has 4 nitrogen and oxygen atoms in total. The number of aromatic nitrogens is 1. The maximum atomic E-state index is 13.2. The Balaban J connectivity index is 1.66. The fourth-order valence-corrected chi connectivity index (χ4v) is 2.49. The fraction of sp³-hybridized carbons (Fsp3) is 0.250. The van der Waals surface area contributed by atoms with Crippen LogP contribution in [0.5, 0.6) is 0 Å². The van der Waals surface area contributed by atoms with Crippen LogP contribution >= 0.6 is 0 Å². The summed E-state index contributed by atoms with van der Waals surface area (Å²) in [4.78, 5) is 20.3. The zero-order valence-corrected chi connectivity index (χ0v) is 11.9. The molecule has 114 valence electrons. The first kappa shape index (κ1) is 14.4. The highest BCUT2D eigenvalue weighted by molar-refractivity contribution is 5.94. The van der Waals surface area contributed by atoms with E-state index >= 15 is 0 Å². The molecule has 1 aliphatic heterocycles. The van der Waals surface area contributed by atoms with Gasteiger partial charge in [0.1, 0.15) is 5.82 Å². The first-order valence-electron chi connectivity index (χ1n) is 7.05. The number of pyridine rings is 1. The molecule has 0 atom stereocenters. The topological polar surface area (TPSA) is 36.4 Å². The number of hydrogen-bond acceptors (Lipinski definition) is 3. The van der Waals surface area contributed by atoms with Crippen LogP contribution in [-0.4, -0.2) is 42.0 Å². The summed E-state index contributed by atoms with van der Waals surface area (Å²) in [7, 11) is 0. The molecule has 3 rings (SSSR count). The molecular formula is C16H15F2N3O. The molecule has 0 aliphatic carbocycles. The average Bonchev–Trinajstić information content (AvgIpc) is 2.58. The summed E-state index contributed by atoms with van der Waals surface area (Å²) in [6.07, 6.45) is 1.73. The maximum Gasteiger partial charge on any atom is 0.254 e. The van der Waals surface area contributed by atoms with Gasteiger partial charge in [0, 0.05) is 37.9 Å². The van der Waals surface area contributed by atoms with Crippen LogP contribution in [0.4, 0.5) is 14.6 Å². The lowest BCUT2D eigenvalue weighted by Crippen LogP contribution is -2.49. The quantitative estimate of drug-likeness (QED) is 0.854.